The van der Waals surface area contributed by atoms with Gasteiger partial charge >= 0.3 is 0 Å². The van der Waals surface area contributed by atoms with Gasteiger partial charge in [0, 0.05) is 0 Å². The SMILES string of the molecule is CC(CN)C1CCCC1. The van der Waals surface area contributed by atoms with Crippen molar-refractivity contribution in [1.29, 1.82) is 0 Å². The van der Waals surface area contributed by atoms with Crippen LogP contribution >= 0.6 is 0 Å². The van der Waals surface area contributed by atoms with Gasteiger partial charge in [0.25, 0.3) is 0 Å². The van der Waals surface area contributed by atoms with E-state index in [1.807, 2.05) is 0 Å². The maximum atomic E-state index is 5.55. The van der Waals surface area contributed by atoms with E-state index < -0.39 is 0 Å². The first-order chi connectivity index (χ1) is 4.34. The molecule has 0 radical (unpaired) electrons. The smallest absolute Gasteiger partial charge is 0.00489 e. The van der Waals surface area contributed by atoms with Crippen LogP contribution in [0.5, 0.6) is 0 Å². The lowest BCUT2D eigenvalue weighted by atomic mass is 9.93. The van der Waals surface area contributed by atoms with E-state index in [1.165, 1.54) is 25.7 Å². The minimum atomic E-state index is 0.771. The fourth-order valence-corrected chi connectivity index (χ4v) is 1.72. The molecule has 54 valence electrons. The van der Waals surface area contributed by atoms with E-state index in [1.54, 1.807) is 0 Å². The van der Waals surface area contributed by atoms with Crippen molar-refractivity contribution in [3.63, 3.8) is 0 Å². The highest BCUT2D eigenvalue weighted by Gasteiger charge is 2.19. The summed E-state index contributed by atoms with van der Waals surface area (Å²) in [7, 11) is 0. The number of hydrogen-bond acceptors (Lipinski definition) is 1. The molecule has 1 fully saturated rings. The summed E-state index contributed by atoms with van der Waals surface area (Å²) in [6.07, 6.45) is 5.74. The second-order valence-corrected chi connectivity index (χ2v) is 3.26. The molecule has 1 aliphatic rings. The van der Waals surface area contributed by atoms with Crippen LogP contribution in [0.15, 0.2) is 0 Å². The zero-order valence-electron chi connectivity index (χ0n) is 6.27. The van der Waals surface area contributed by atoms with E-state index in [-0.39, 0.29) is 0 Å². The highest BCUT2D eigenvalue weighted by Crippen LogP contribution is 2.30. The predicted octanol–water partition coefficient (Wildman–Crippen LogP) is 1.77. The first-order valence-electron chi connectivity index (χ1n) is 4.04. The monoisotopic (exact) mass is 127 g/mol. The van der Waals surface area contributed by atoms with Crippen molar-refractivity contribution in [2.75, 3.05) is 6.54 Å². The van der Waals surface area contributed by atoms with Gasteiger partial charge in [-0.15, -0.1) is 0 Å². The minimum absolute atomic E-state index is 0.771. The van der Waals surface area contributed by atoms with E-state index in [0.717, 1.165) is 18.4 Å². The molecule has 1 saturated carbocycles. The third kappa shape index (κ3) is 1.68. The Morgan fingerprint density at radius 1 is 1.44 bits per heavy atom. The average Bonchev–Trinajstić information content (AvgIpc) is 2.37. The summed E-state index contributed by atoms with van der Waals surface area (Å²) in [5.74, 6) is 1.72. The van der Waals surface area contributed by atoms with E-state index in [9.17, 15) is 0 Å². The van der Waals surface area contributed by atoms with Crippen molar-refractivity contribution in [3.05, 3.63) is 0 Å². The van der Waals surface area contributed by atoms with E-state index in [0.29, 0.717) is 0 Å². The summed E-state index contributed by atoms with van der Waals surface area (Å²) in [5.41, 5.74) is 5.55. The topological polar surface area (TPSA) is 26.0 Å². The van der Waals surface area contributed by atoms with Gasteiger partial charge in [-0.3, -0.25) is 0 Å². The standard InChI is InChI=1S/C8H17N/c1-7(6-9)8-4-2-3-5-8/h7-8H,2-6,9H2,1H3. The zero-order chi connectivity index (χ0) is 6.69. The quantitative estimate of drug-likeness (QED) is 0.601. The molecule has 0 aromatic heterocycles. The van der Waals surface area contributed by atoms with Crippen LogP contribution in [0.3, 0.4) is 0 Å². The van der Waals surface area contributed by atoms with E-state index >= 15 is 0 Å². The Bertz CT molecular complexity index is 74.6. The van der Waals surface area contributed by atoms with E-state index in [4.69, 9.17) is 5.73 Å². The van der Waals surface area contributed by atoms with E-state index in [2.05, 4.69) is 6.92 Å². The molecule has 0 saturated heterocycles. The van der Waals surface area contributed by atoms with Gasteiger partial charge in [-0.25, -0.2) is 0 Å². The molecule has 0 heterocycles. The van der Waals surface area contributed by atoms with Crippen LogP contribution in [0.1, 0.15) is 32.6 Å². The molecule has 0 spiro atoms. The molecule has 0 aromatic carbocycles. The van der Waals surface area contributed by atoms with Gasteiger partial charge in [0.2, 0.25) is 0 Å². The van der Waals surface area contributed by atoms with Crippen molar-refractivity contribution in [3.8, 4) is 0 Å². The molecule has 9 heavy (non-hydrogen) atoms. The third-order valence-corrected chi connectivity index (χ3v) is 2.58. The second-order valence-electron chi connectivity index (χ2n) is 3.26. The molecular weight excluding hydrogens is 110 g/mol. The van der Waals surface area contributed by atoms with Crippen LogP contribution < -0.4 is 5.73 Å². The lowest BCUT2D eigenvalue weighted by molar-refractivity contribution is 0.375. The van der Waals surface area contributed by atoms with Crippen molar-refractivity contribution in [1.82, 2.24) is 0 Å². The molecule has 1 aliphatic carbocycles. The fourth-order valence-electron chi connectivity index (χ4n) is 1.72. The normalized spacial score (nSPS) is 24.7. The van der Waals surface area contributed by atoms with Crippen LogP contribution in [0.2, 0.25) is 0 Å². The molecule has 0 amide bonds. The molecule has 0 bridgehead atoms. The molecule has 1 atom stereocenters. The fraction of sp³-hybridized carbons (Fsp3) is 1.00. The van der Waals surface area contributed by atoms with Crippen molar-refractivity contribution in [2.45, 2.75) is 32.6 Å². The summed E-state index contributed by atoms with van der Waals surface area (Å²) in [6, 6.07) is 0. The summed E-state index contributed by atoms with van der Waals surface area (Å²) >= 11 is 0. The van der Waals surface area contributed by atoms with Crippen LogP contribution in [-0.2, 0) is 0 Å². The van der Waals surface area contributed by atoms with Crippen molar-refractivity contribution in [2.24, 2.45) is 17.6 Å². The highest BCUT2D eigenvalue weighted by molar-refractivity contribution is 4.72. The van der Waals surface area contributed by atoms with Crippen LogP contribution in [0, 0.1) is 11.8 Å². The van der Waals surface area contributed by atoms with Gasteiger partial charge in [-0.2, -0.15) is 0 Å². The number of hydrogen-bond donors (Lipinski definition) is 1. The first-order valence-corrected chi connectivity index (χ1v) is 4.04. The van der Waals surface area contributed by atoms with Gasteiger partial charge in [-0.05, 0) is 18.4 Å². The Morgan fingerprint density at radius 2 is 2.00 bits per heavy atom. The lowest BCUT2D eigenvalue weighted by Gasteiger charge is -2.15. The first kappa shape index (κ1) is 7.07. The Labute approximate surface area is 57.6 Å². The lowest BCUT2D eigenvalue weighted by Crippen LogP contribution is -2.18. The van der Waals surface area contributed by atoms with Gasteiger partial charge in [0.15, 0.2) is 0 Å². The Morgan fingerprint density at radius 3 is 2.44 bits per heavy atom. The van der Waals surface area contributed by atoms with Gasteiger partial charge in [-0.1, -0.05) is 32.6 Å². The number of rotatable bonds is 2. The molecule has 2 N–H and O–H groups in total. The Hall–Kier alpha value is -0.0400. The van der Waals surface area contributed by atoms with Gasteiger partial charge < -0.3 is 5.73 Å². The second kappa shape index (κ2) is 3.21. The Balaban J connectivity index is 2.24. The molecule has 0 aromatic rings. The molecule has 1 nitrogen and oxygen atoms in total. The maximum Gasteiger partial charge on any atom is -0.00489 e. The molecule has 1 unspecified atom stereocenters. The van der Waals surface area contributed by atoms with Gasteiger partial charge in [0.1, 0.15) is 0 Å². The summed E-state index contributed by atoms with van der Waals surface area (Å²) in [5, 5.41) is 0. The predicted molar refractivity (Wildman–Crippen MR) is 40.2 cm³/mol. The van der Waals surface area contributed by atoms with Crippen LogP contribution in [0.25, 0.3) is 0 Å². The van der Waals surface area contributed by atoms with Crippen molar-refractivity contribution >= 4 is 0 Å². The third-order valence-electron chi connectivity index (χ3n) is 2.58. The van der Waals surface area contributed by atoms with Crippen LogP contribution in [-0.4, -0.2) is 6.54 Å². The molecular formula is C8H17N. The van der Waals surface area contributed by atoms with Crippen molar-refractivity contribution < 1.29 is 0 Å². The maximum absolute atomic E-state index is 5.55. The molecule has 1 heteroatoms. The molecule has 0 aliphatic heterocycles. The summed E-state index contributed by atoms with van der Waals surface area (Å²) < 4.78 is 0. The van der Waals surface area contributed by atoms with Gasteiger partial charge in [0.05, 0.1) is 0 Å². The summed E-state index contributed by atoms with van der Waals surface area (Å²) in [6.45, 7) is 3.15. The Kier molecular flexibility index (Phi) is 2.52. The highest BCUT2D eigenvalue weighted by atomic mass is 14.5. The average molecular weight is 127 g/mol. The largest absolute Gasteiger partial charge is 0.330 e. The number of nitrogens with two attached hydrogens (primary N) is 1. The summed E-state index contributed by atoms with van der Waals surface area (Å²) in [4.78, 5) is 0. The zero-order valence-corrected chi connectivity index (χ0v) is 6.27. The molecule has 1 rings (SSSR count). The minimum Gasteiger partial charge on any atom is -0.330 e. The van der Waals surface area contributed by atoms with Crippen LogP contribution in [0.4, 0.5) is 0 Å².